The summed E-state index contributed by atoms with van der Waals surface area (Å²) in [5.41, 5.74) is 0.0202. The highest BCUT2D eigenvalue weighted by Crippen LogP contribution is 2.36. The molecule has 0 bridgehead atoms. The first-order valence-electron chi connectivity index (χ1n) is 9.39. The lowest BCUT2D eigenvalue weighted by molar-refractivity contribution is -0.129. The van der Waals surface area contributed by atoms with E-state index in [-0.39, 0.29) is 17.8 Å². The predicted octanol–water partition coefficient (Wildman–Crippen LogP) is 1.44. The van der Waals surface area contributed by atoms with E-state index in [1.165, 1.54) is 0 Å². The summed E-state index contributed by atoms with van der Waals surface area (Å²) in [4.78, 5) is 24.8. The standard InChI is InChI=1S/C18H28BClN4O3/c1-17(2)18(3,4)27-19(26-17)13-10-21-16(22-11-13)24-8-6-7-14(12-24)23(5)15(25)9-20/h10-11,14H,6-9,12H2,1-5H3/t14-/m1/s1. The molecule has 0 radical (unpaired) electrons. The Balaban J connectivity index is 1.68. The van der Waals surface area contributed by atoms with E-state index in [1.54, 1.807) is 24.3 Å². The number of alkyl halides is 1. The van der Waals surface area contributed by atoms with Crippen LogP contribution in [0.25, 0.3) is 0 Å². The average Bonchev–Trinajstić information content (AvgIpc) is 2.88. The molecule has 27 heavy (non-hydrogen) atoms. The molecule has 1 aromatic heterocycles. The molecular weight excluding hydrogens is 366 g/mol. The molecule has 3 rings (SSSR count). The number of rotatable bonds is 4. The summed E-state index contributed by atoms with van der Waals surface area (Å²) < 4.78 is 12.1. The van der Waals surface area contributed by atoms with E-state index in [4.69, 9.17) is 20.9 Å². The van der Waals surface area contributed by atoms with Gasteiger partial charge in [-0.25, -0.2) is 9.97 Å². The molecule has 2 fully saturated rings. The molecule has 0 aromatic carbocycles. The summed E-state index contributed by atoms with van der Waals surface area (Å²) in [5, 5.41) is 0. The molecule has 0 aliphatic carbocycles. The molecule has 1 aromatic rings. The van der Waals surface area contributed by atoms with Crippen LogP contribution in [0.2, 0.25) is 0 Å². The fraction of sp³-hybridized carbons (Fsp3) is 0.722. The molecule has 1 atom stereocenters. The van der Waals surface area contributed by atoms with Crippen molar-refractivity contribution in [1.82, 2.24) is 14.9 Å². The van der Waals surface area contributed by atoms with Gasteiger partial charge in [0, 0.05) is 44.0 Å². The largest absolute Gasteiger partial charge is 0.498 e. The van der Waals surface area contributed by atoms with Crippen molar-refractivity contribution in [1.29, 1.82) is 0 Å². The topological polar surface area (TPSA) is 67.8 Å². The van der Waals surface area contributed by atoms with Gasteiger partial charge < -0.3 is 19.1 Å². The zero-order valence-corrected chi connectivity index (χ0v) is 17.5. The third kappa shape index (κ3) is 4.07. The molecule has 9 heteroatoms. The molecule has 3 heterocycles. The van der Waals surface area contributed by atoms with E-state index >= 15 is 0 Å². The molecule has 1 amide bonds. The lowest BCUT2D eigenvalue weighted by Crippen LogP contribution is -2.49. The monoisotopic (exact) mass is 394 g/mol. The molecule has 2 saturated heterocycles. The highest BCUT2D eigenvalue weighted by molar-refractivity contribution is 6.61. The Morgan fingerprint density at radius 2 is 1.89 bits per heavy atom. The van der Waals surface area contributed by atoms with Crippen LogP contribution in [-0.4, -0.2) is 71.2 Å². The maximum Gasteiger partial charge on any atom is 0.498 e. The molecule has 0 saturated carbocycles. The number of carbonyl (C=O) groups excluding carboxylic acids is 1. The minimum Gasteiger partial charge on any atom is -0.399 e. The minimum atomic E-state index is -0.467. The van der Waals surface area contributed by atoms with Crippen LogP contribution in [0.4, 0.5) is 5.95 Å². The van der Waals surface area contributed by atoms with Crippen LogP contribution in [0.15, 0.2) is 12.4 Å². The van der Waals surface area contributed by atoms with E-state index in [0.29, 0.717) is 12.5 Å². The summed E-state index contributed by atoms with van der Waals surface area (Å²) in [5.74, 6) is 0.610. The number of hydrogen-bond donors (Lipinski definition) is 0. The SMILES string of the molecule is CN(C(=O)CCl)[C@@H]1CCCN(c2ncc(B3OC(C)(C)C(C)(C)O3)cn2)C1. The molecule has 0 unspecified atom stereocenters. The van der Waals surface area contributed by atoms with Crippen molar-refractivity contribution >= 4 is 36.0 Å². The Hall–Kier alpha value is -1.38. The van der Waals surface area contributed by atoms with Crippen LogP contribution in [0.1, 0.15) is 40.5 Å². The first kappa shape index (κ1) is 20.4. The lowest BCUT2D eigenvalue weighted by Gasteiger charge is -2.37. The molecule has 2 aliphatic heterocycles. The van der Waals surface area contributed by atoms with E-state index in [1.807, 2.05) is 27.7 Å². The number of amides is 1. The normalized spacial score (nSPS) is 24.1. The minimum absolute atomic E-state index is 0.00623. The van der Waals surface area contributed by atoms with Crippen molar-refractivity contribution in [3.8, 4) is 0 Å². The van der Waals surface area contributed by atoms with E-state index in [0.717, 1.165) is 24.8 Å². The van der Waals surface area contributed by atoms with Crippen molar-refractivity contribution in [2.75, 3.05) is 30.9 Å². The summed E-state index contributed by atoms with van der Waals surface area (Å²) >= 11 is 5.69. The van der Waals surface area contributed by atoms with Gasteiger partial charge in [0.15, 0.2) is 0 Å². The Bertz CT molecular complexity index is 670. The second-order valence-electron chi connectivity index (χ2n) is 8.28. The van der Waals surface area contributed by atoms with Gasteiger partial charge >= 0.3 is 7.12 Å². The van der Waals surface area contributed by atoms with Crippen molar-refractivity contribution in [3.05, 3.63) is 12.4 Å². The van der Waals surface area contributed by atoms with Gasteiger partial charge in [-0.05, 0) is 40.5 Å². The number of hydrogen-bond acceptors (Lipinski definition) is 6. The Morgan fingerprint density at radius 1 is 1.30 bits per heavy atom. The molecular formula is C18H28BClN4O3. The van der Waals surface area contributed by atoms with E-state index in [9.17, 15) is 4.79 Å². The smallest absolute Gasteiger partial charge is 0.399 e. The van der Waals surface area contributed by atoms with Crippen molar-refractivity contribution < 1.29 is 14.1 Å². The highest BCUT2D eigenvalue weighted by atomic mass is 35.5. The third-order valence-electron chi connectivity index (χ3n) is 5.92. The zero-order valence-electron chi connectivity index (χ0n) is 16.7. The molecule has 0 spiro atoms. The van der Waals surface area contributed by atoms with Gasteiger partial charge in [0.2, 0.25) is 11.9 Å². The average molecular weight is 395 g/mol. The van der Waals surface area contributed by atoms with Gasteiger partial charge in [-0.2, -0.15) is 0 Å². The van der Waals surface area contributed by atoms with Gasteiger partial charge in [0.25, 0.3) is 0 Å². The first-order chi connectivity index (χ1) is 12.6. The Morgan fingerprint density at radius 3 is 2.44 bits per heavy atom. The molecule has 148 valence electrons. The highest BCUT2D eigenvalue weighted by Gasteiger charge is 2.52. The van der Waals surface area contributed by atoms with Gasteiger partial charge in [-0.3, -0.25) is 4.79 Å². The van der Waals surface area contributed by atoms with Crippen LogP contribution >= 0.6 is 11.6 Å². The Labute approximate surface area is 166 Å². The van der Waals surface area contributed by atoms with Crippen LogP contribution in [0.5, 0.6) is 0 Å². The Kier molecular flexibility index (Phi) is 5.70. The van der Waals surface area contributed by atoms with Crippen molar-refractivity contribution in [3.63, 3.8) is 0 Å². The lowest BCUT2D eigenvalue weighted by atomic mass is 9.81. The van der Waals surface area contributed by atoms with E-state index in [2.05, 4.69) is 14.9 Å². The van der Waals surface area contributed by atoms with Gasteiger partial charge in [0.05, 0.1) is 11.2 Å². The number of piperidine rings is 1. The van der Waals surface area contributed by atoms with Gasteiger partial charge in [0.1, 0.15) is 5.88 Å². The van der Waals surface area contributed by atoms with Crippen molar-refractivity contribution in [2.45, 2.75) is 57.8 Å². The zero-order chi connectivity index (χ0) is 19.8. The van der Waals surface area contributed by atoms with Gasteiger partial charge in [-0.15, -0.1) is 11.6 Å². The predicted molar refractivity (Wildman–Crippen MR) is 106 cm³/mol. The van der Waals surface area contributed by atoms with Gasteiger partial charge in [-0.1, -0.05) is 0 Å². The third-order valence-corrected chi connectivity index (χ3v) is 6.15. The number of carbonyl (C=O) groups is 1. The molecule has 2 aliphatic rings. The van der Waals surface area contributed by atoms with Crippen LogP contribution in [-0.2, 0) is 14.1 Å². The number of anilines is 1. The summed E-state index contributed by atoms with van der Waals surface area (Å²) in [6.45, 7) is 9.66. The maximum absolute atomic E-state index is 11.9. The van der Waals surface area contributed by atoms with Crippen molar-refractivity contribution in [2.24, 2.45) is 0 Å². The van der Waals surface area contributed by atoms with Crippen LogP contribution < -0.4 is 10.4 Å². The maximum atomic E-state index is 11.9. The molecule has 7 nitrogen and oxygen atoms in total. The fourth-order valence-electron chi connectivity index (χ4n) is 3.35. The second kappa shape index (κ2) is 7.56. The van der Waals surface area contributed by atoms with E-state index < -0.39 is 18.3 Å². The second-order valence-corrected chi connectivity index (χ2v) is 8.55. The number of nitrogens with zero attached hydrogens (tertiary/aromatic N) is 4. The number of aromatic nitrogens is 2. The summed E-state index contributed by atoms with van der Waals surface area (Å²) in [6.07, 6.45) is 5.47. The fourth-order valence-corrected chi connectivity index (χ4v) is 3.53. The number of halogens is 1. The number of likely N-dealkylation sites (N-methyl/N-ethyl adjacent to an activating group) is 1. The summed E-state index contributed by atoms with van der Waals surface area (Å²) in [7, 11) is 1.34. The molecule has 0 N–H and O–H groups in total. The summed E-state index contributed by atoms with van der Waals surface area (Å²) in [6, 6.07) is 0.122. The van der Waals surface area contributed by atoms with Crippen LogP contribution in [0.3, 0.4) is 0 Å². The van der Waals surface area contributed by atoms with Crippen LogP contribution in [0, 0.1) is 0 Å². The first-order valence-corrected chi connectivity index (χ1v) is 9.92. The quantitative estimate of drug-likeness (QED) is 0.569.